The molecule has 0 spiro atoms. The lowest BCUT2D eigenvalue weighted by Gasteiger charge is -2.18. The summed E-state index contributed by atoms with van der Waals surface area (Å²) in [5.41, 5.74) is 0. The van der Waals surface area contributed by atoms with Gasteiger partial charge in [-0.1, -0.05) is 239 Å². The molecule has 0 fully saturated rings. The van der Waals surface area contributed by atoms with Crippen molar-refractivity contribution in [3.8, 4) is 0 Å². The Kier molecular flexibility index (Phi) is 53.0. The minimum absolute atomic E-state index is 0.103. The molecule has 0 radical (unpaired) electrons. The third-order valence-corrected chi connectivity index (χ3v) is 11.5. The van der Waals surface area contributed by atoms with Gasteiger partial charge < -0.3 is 14.2 Å². The minimum atomic E-state index is -0.806. The SMILES string of the molecule is CC/C=C\C/C=C\C/C=C\C/C=C\C/C=C\CCCCCCCCCCCCCCCC(=O)OCC(COC(=O)CCCCCCC)OC(=O)CCC/C=C\C/C=C\C/C=C\C/C=C\C/C=C\CC. The summed E-state index contributed by atoms with van der Waals surface area (Å²) >= 11 is 0. The zero-order chi connectivity index (χ0) is 50.0. The van der Waals surface area contributed by atoms with Gasteiger partial charge in [0, 0.05) is 19.3 Å². The van der Waals surface area contributed by atoms with E-state index in [4.69, 9.17) is 14.2 Å². The zero-order valence-corrected chi connectivity index (χ0v) is 44.5. The molecule has 0 N–H and O–H groups in total. The second kappa shape index (κ2) is 56.4. The summed E-state index contributed by atoms with van der Waals surface area (Å²) in [5, 5.41) is 0. The first-order valence-electron chi connectivity index (χ1n) is 28.0. The van der Waals surface area contributed by atoms with E-state index in [2.05, 4.69) is 142 Å². The molecule has 0 aliphatic carbocycles. The monoisotopic (exact) mass is 955 g/mol. The highest BCUT2D eigenvalue weighted by Gasteiger charge is 2.19. The fraction of sp³-hybridized carbons (Fsp3) is 0.635. The summed E-state index contributed by atoms with van der Waals surface area (Å²) in [4.78, 5) is 37.7. The van der Waals surface area contributed by atoms with Crippen molar-refractivity contribution in [2.24, 2.45) is 0 Å². The molecule has 69 heavy (non-hydrogen) atoms. The normalized spacial score (nSPS) is 13.0. The molecule has 6 heteroatoms. The van der Waals surface area contributed by atoms with Crippen molar-refractivity contribution in [2.75, 3.05) is 13.2 Å². The lowest BCUT2D eigenvalue weighted by Crippen LogP contribution is -2.30. The quantitative estimate of drug-likeness (QED) is 0.0262. The molecule has 0 aromatic heterocycles. The molecule has 0 heterocycles. The lowest BCUT2D eigenvalue weighted by atomic mass is 10.0. The number of hydrogen-bond donors (Lipinski definition) is 0. The predicted octanol–water partition coefficient (Wildman–Crippen LogP) is 18.9. The molecule has 1 atom stereocenters. The molecule has 0 bridgehead atoms. The Morgan fingerprint density at radius 1 is 0.304 bits per heavy atom. The summed E-state index contributed by atoms with van der Waals surface area (Å²) < 4.78 is 16.6. The van der Waals surface area contributed by atoms with Gasteiger partial charge in [-0.2, -0.15) is 0 Å². The first kappa shape index (κ1) is 64.8. The van der Waals surface area contributed by atoms with Gasteiger partial charge in [-0.15, -0.1) is 0 Å². The van der Waals surface area contributed by atoms with E-state index in [-0.39, 0.29) is 37.5 Å². The molecule has 0 aromatic carbocycles. The number of ether oxygens (including phenoxy) is 3. The van der Waals surface area contributed by atoms with Gasteiger partial charge in [0.05, 0.1) is 0 Å². The maximum Gasteiger partial charge on any atom is 0.306 e. The number of hydrogen-bond acceptors (Lipinski definition) is 6. The number of esters is 3. The van der Waals surface area contributed by atoms with Crippen molar-refractivity contribution >= 4 is 17.9 Å². The van der Waals surface area contributed by atoms with E-state index in [1.165, 1.54) is 70.6 Å². The second-order valence-corrected chi connectivity index (χ2v) is 18.1. The number of allylic oxidation sites excluding steroid dienone is 20. The van der Waals surface area contributed by atoms with Crippen molar-refractivity contribution < 1.29 is 28.6 Å². The van der Waals surface area contributed by atoms with E-state index in [9.17, 15) is 14.4 Å². The molecular formula is C63H102O6. The highest BCUT2D eigenvalue weighted by atomic mass is 16.6. The minimum Gasteiger partial charge on any atom is -0.462 e. The van der Waals surface area contributed by atoms with Crippen LogP contribution in [0.5, 0.6) is 0 Å². The van der Waals surface area contributed by atoms with Crippen LogP contribution in [-0.2, 0) is 28.6 Å². The first-order chi connectivity index (χ1) is 34.0. The second-order valence-electron chi connectivity index (χ2n) is 18.1. The van der Waals surface area contributed by atoms with Crippen molar-refractivity contribution in [2.45, 2.75) is 245 Å². The molecule has 6 nitrogen and oxygen atoms in total. The number of carbonyl (C=O) groups excluding carboxylic acids is 3. The summed E-state index contributed by atoms with van der Waals surface area (Å²) in [5.74, 6) is -0.981. The fourth-order valence-corrected chi connectivity index (χ4v) is 7.33. The molecule has 390 valence electrons. The average molecular weight is 956 g/mol. The average Bonchev–Trinajstić information content (AvgIpc) is 3.35. The van der Waals surface area contributed by atoms with E-state index < -0.39 is 6.10 Å². The third-order valence-electron chi connectivity index (χ3n) is 11.5. The standard InChI is InChI=1S/C63H102O6/c1-4-7-10-13-15-17-19-21-23-25-26-27-28-29-30-31-32-33-34-35-36-38-39-41-43-45-47-50-53-56-62(65)68-59-60(58-67-61(64)55-52-49-12-9-6-3)69-63(66)57-54-51-48-46-44-42-40-37-24-22-20-18-16-14-11-8-5-2/h7-8,10-11,15-18,21-24,26-27,29-30,40,42,46,48,60H,4-6,9,12-14,19-20,25,28,31-39,41,43-45,47,49-59H2,1-3H3/b10-7-,11-8-,17-15-,18-16-,23-21-,24-22-,27-26-,30-29-,42-40-,48-46-. The van der Waals surface area contributed by atoms with Crippen LogP contribution in [-0.4, -0.2) is 37.2 Å². The molecule has 0 saturated carbocycles. The molecule has 0 rings (SSSR count). The maximum atomic E-state index is 12.7. The fourth-order valence-electron chi connectivity index (χ4n) is 7.33. The van der Waals surface area contributed by atoms with Crippen molar-refractivity contribution in [3.05, 3.63) is 122 Å². The zero-order valence-electron chi connectivity index (χ0n) is 44.5. The topological polar surface area (TPSA) is 78.9 Å². The van der Waals surface area contributed by atoms with Crippen molar-refractivity contribution in [1.29, 1.82) is 0 Å². The van der Waals surface area contributed by atoms with Crippen LogP contribution in [0.3, 0.4) is 0 Å². The Labute approximate surface area is 424 Å². The van der Waals surface area contributed by atoms with Gasteiger partial charge in [-0.3, -0.25) is 14.4 Å². The number of carbonyl (C=O) groups is 3. The van der Waals surface area contributed by atoms with Gasteiger partial charge in [0.25, 0.3) is 0 Å². The van der Waals surface area contributed by atoms with E-state index in [0.29, 0.717) is 19.3 Å². The van der Waals surface area contributed by atoms with E-state index in [1.807, 2.05) is 0 Å². The van der Waals surface area contributed by atoms with Crippen LogP contribution < -0.4 is 0 Å². The molecule has 0 saturated heterocycles. The van der Waals surface area contributed by atoms with Crippen LogP contribution in [0, 0.1) is 0 Å². The number of rotatable bonds is 49. The Balaban J connectivity index is 4.12. The van der Waals surface area contributed by atoms with Crippen LogP contribution in [0.2, 0.25) is 0 Å². The van der Waals surface area contributed by atoms with Crippen LogP contribution >= 0.6 is 0 Å². The van der Waals surface area contributed by atoms with E-state index >= 15 is 0 Å². The summed E-state index contributed by atoms with van der Waals surface area (Å²) in [6.07, 6.45) is 78.2. The molecule has 1 unspecified atom stereocenters. The largest absolute Gasteiger partial charge is 0.462 e. The van der Waals surface area contributed by atoms with Crippen LogP contribution in [0.25, 0.3) is 0 Å². The summed E-state index contributed by atoms with van der Waals surface area (Å²) in [6.45, 7) is 6.27. The van der Waals surface area contributed by atoms with Gasteiger partial charge in [0.2, 0.25) is 0 Å². The smallest absolute Gasteiger partial charge is 0.306 e. The highest BCUT2D eigenvalue weighted by Crippen LogP contribution is 2.15. The molecule has 0 amide bonds. The maximum absolute atomic E-state index is 12.7. The van der Waals surface area contributed by atoms with Gasteiger partial charge in [0.15, 0.2) is 6.10 Å². The van der Waals surface area contributed by atoms with E-state index in [0.717, 1.165) is 122 Å². The van der Waals surface area contributed by atoms with Gasteiger partial charge in [-0.05, 0) is 103 Å². The van der Waals surface area contributed by atoms with Gasteiger partial charge in [0.1, 0.15) is 13.2 Å². The predicted molar refractivity (Wildman–Crippen MR) is 297 cm³/mol. The van der Waals surface area contributed by atoms with Crippen LogP contribution in [0.1, 0.15) is 239 Å². The van der Waals surface area contributed by atoms with Gasteiger partial charge in [-0.25, -0.2) is 0 Å². The first-order valence-corrected chi connectivity index (χ1v) is 28.0. The molecule has 0 aliphatic heterocycles. The Hall–Kier alpha value is -4.19. The van der Waals surface area contributed by atoms with Crippen LogP contribution in [0.15, 0.2) is 122 Å². The molecular weight excluding hydrogens is 853 g/mol. The summed E-state index contributed by atoms with van der Waals surface area (Å²) in [6, 6.07) is 0. The Bertz CT molecular complexity index is 1470. The molecule has 0 aromatic rings. The van der Waals surface area contributed by atoms with Crippen molar-refractivity contribution in [1.82, 2.24) is 0 Å². The highest BCUT2D eigenvalue weighted by molar-refractivity contribution is 5.71. The van der Waals surface area contributed by atoms with Crippen LogP contribution in [0.4, 0.5) is 0 Å². The Morgan fingerprint density at radius 2 is 0.580 bits per heavy atom. The van der Waals surface area contributed by atoms with Crippen molar-refractivity contribution in [3.63, 3.8) is 0 Å². The third kappa shape index (κ3) is 54.6. The lowest BCUT2D eigenvalue weighted by molar-refractivity contribution is -0.167. The number of unbranched alkanes of at least 4 members (excludes halogenated alkanes) is 18. The summed E-state index contributed by atoms with van der Waals surface area (Å²) in [7, 11) is 0. The molecule has 0 aliphatic rings. The van der Waals surface area contributed by atoms with E-state index in [1.54, 1.807) is 0 Å². The Morgan fingerprint density at radius 3 is 0.928 bits per heavy atom. The van der Waals surface area contributed by atoms with Gasteiger partial charge >= 0.3 is 17.9 Å².